The number of nitrogens with zero attached hydrogens (tertiary/aromatic N) is 1. The lowest BCUT2D eigenvalue weighted by atomic mass is 10.0. The molecule has 1 aromatic carbocycles. The molecule has 0 spiro atoms. The van der Waals surface area contributed by atoms with Crippen LogP contribution in [0.2, 0.25) is 0 Å². The fourth-order valence-electron chi connectivity index (χ4n) is 3.39. The normalized spacial score (nSPS) is 12.3. The number of fused-ring (bicyclic) bond motifs is 1. The minimum atomic E-state index is -0.0599. The van der Waals surface area contributed by atoms with E-state index < -0.39 is 0 Å². The topological polar surface area (TPSA) is 120 Å². The molecule has 3 N–H and O–H groups in total. The van der Waals surface area contributed by atoms with Gasteiger partial charge < -0.3 is 34.9 Å². The summed E-state index contributed by atoms with van der Waals surface area (Å²) in [6.45, 7) is 6.65. The zero-order chi connectivity index (χ0) is 24.7. The molecule has 0 atom stereocenters. The minimum absolute atomic E-state index is 0.0343. The fraction of sp³-hybridized carbons (Fsp3) is 0.480. The third kappa shape index (κ3) is 9.99. The predicted octanol–water partition coefficient (Wildman–Crippen LogP) is 1.86. The number of pyridine rings is 1. The Morgan fingerprint density at radius 2 is 1.51 bits per heavy atom. The highest BCUT2D eigenvalue weighted by molar-refractivity contribution is 5.99. The first-order valence-corrected chi connectivity index (χ1v) is 11.8. The first-order valence-electron chi connectivity index (χ1n) is 11.8. The van der Waals surface area contributed by atoms with E-state index >= 15 is 0 Å². The molecule has 10 heteroatoms. The number of ether oxygens (including phenoxy) is 4. The molecule has 0 fully saturated rings. The maximum atomic E-state index is 11.5. The average Bonchev–Trinajstić information content (AvgIpc) is 3.23. The van der Waals surface area contributed by atoms with Crippen LogP contribution in [0.25, 0.3) is 11.1 Å². The molecule has 3 rings (SSSR count). The second-order valence-corrected chi connectivity index (χ2v) is 7.89. The van der Waals surface area contributed by atoms with Gasteiger partial charge in [0.15, 0.2) is 0 Å². The van der Waals surface area contributed by atoms with Gasteiger partial charge >= 0.3 is 0 Å². The molecule has 0 radical (unpaired) electrons. The Morgan fingerprint density at radius 1 is 0.886 bits per heavy atom. The van der Waals surface area contributed by atoms with Gasteiger partial charge in [0, 0.05) is 37.5 Å². The summed E-state index contributed by atoms with van der Waals surface area (Å²) in [5.74, 6) is 0.755. The van der Waals surface area contributed by atoms with Crippen LogP contribution in [-0.4, -0.2) is 82.7 Å². The molecule has 35 heavy (non-hydrogen) atoms. The number of benzene rings is 1. The maximum absolute atomic E-state index is 11.5. The van der Waals surface area contributed by atoms with E-state index in [0.29, 0.717) is 72.4 Å². The van der Waals surface area contributed by atoms with Gasteiger partial charge in [0.2, 0.25) is 11.8 Å². The lowest BCUT2D eigenvalue weighted by Crippen LogP contribution is -2.25. The molecular weight excluding hydrogens is 452 g/mol. The summed E-state index contributed by atoms with van der Waals surface area (Å²) in [7, 11) is 0. The lowest BCUT2D eigenvalue weighted by Gasteiger charge is -2.09. The van der Waals surface area contributed by atoms with Gasteiger partial charge in [-0.3, -0.25) is 9.59 Å². The molecule has 0 aliphatic carbocycles. The summed E-state index contributed by atoms with van der Waals surface area (Å²) in [5.41, 5.74) is 3.95. The van der Waals surface area contributed by atoms with Crippen LogP contribution in [0.3, 0.4) is 0 Å². The number of rotatable bonds is 17. The molecule has 1 aromatic heterocycles. The number of carbonyl (C=O) groups is 2. The zero-order valence-electron chi connectivity index (χ0n) is 20.1. The standard InChI is InChI=1S/C25H34N4O6/c1-19(30)26-6-8-32-10-12-34-14-15-35-13-11-33-9-7-27-24-5-3-21(18-28-24)20-2-4-23-22(16-20)17-25(31)29-23/h2-5,16,18H,6-15,17H2,1H3,(H,26,30)(H,27,28)(H,29,31). The third-order valence-corrected chi connectivity index (χ3v) is 5.12. The Balaban J connectivity index is 1.15. The number of amides is 2. The molecule has 2 aromatic rings. The van der Waals surface area contributed by atoms with Gasteiger partial charge in [0.05, 0.1) is 59.3 Å². The molecule has 1 aliphatic heterocycles. The number of aromatic nitrogens is 1. The Bertz CT molecular complexity index is 938. The van der Waals surface area contributed by atoms with Crippen LogP contribution in [0.4, 0.5) is 11.5 Å². The highest BCUT2D eigenvalue weighted by Crippen LogP contribution is 2.29. The van der Waals surface area contributed by atoms with E-state index in [0.717, 1.165) is 28.2 Å². The summed E-state index contributed by atoms with van der Waals surface area (Å²) in [6.07, 6.45) is 2.25. The molecule has 0 saturated carbocycles. The van der Waals surface area contributed by atoms with Gasteiger partial charge in [-0.15, -0.1) is 0 Å². The monoisotopic (exact) mass is 486 g/mol. The SMILES string of the molecule is CC(=O)NCCOCCOCCOCCOCCNc1ccc(-c2ccc3c(c2)CC(=O)N3)cn1. The Hall–Kier alpha value is -3.05. The van der Waals surface area contributed by atoms with Crippen molar-refractivity contribution in [2.75, 3.05) is 76.6 Å². The van der Waals surface area contributed by atoms with Crippen molar-refractivity contribution in [3.05, 3.63) is 42.1 Å². The Morgan fingerprint density at radius 3 is 2.14 bits per heavy atom. The van der Waals surface area contributed by atoms with Gasteiger partial charge in [0.25, 0.3) is 0 Å². The van der Waals surface area contributed by atoms with Crippen molar-refractivity contribution >= 4 is 23.3 Å². The molecule has 10 nitrogen and oxygen atoms in total. The molecule has 190 valence electrons. The minimum Gasteiger partial charge on any atom is -0.377 e. The van der Waals surface area contributed by atoms with Crippen LogP contribution >= 0.6 is 0 Å². The van der Waals surface area contributed by atoms with Gasteiger partial charge in [-0.25, -0.2) is 4.98 Å². The van der Waals surface area contributed by atoms with E-state index in [-0.39, 0.29) is 11.8 Å². The smallest absolute Gasteiger partial charge is 0.228 e. The van der Waals surface area contributed by atoms with E-state index in [2.05, 4.69) is 20.9 Å². The van der Waals surface area contributed by atoms with E-state index in [1.807, 2.05) is 36.5 Å². The number of hydrogen-bond acceptors (Lipinski definition) is 8. The summed E-state index contributed by atoms with van der Waals surface area (Å²) in [6, 6.07) is 9.90. The summed E-state index contributed by atoms with van der Waals surface area (Å²) < 4.78 is 21.7. The highest BCUT2D eigenvalue weighted by atomic mass is 16.6. The average molecular weight is 487 g/mol. The predicted molar refractivity (Wildman–Crippen MR) is 132 cm³/mol. The quantitative estimate of drug-likeness (QED) is 0.290. The third-order valence-electron chi connectivity index (χ3n) is 5.12. The number of anilines is 2. The van der Waals surface area contributed by atoms with Gasteiger partial charge in [-0.05, 0) is 35.4 Å². The Labute approximate surface area is 205 Å². The summed E-state index contributed by atoms with van der Waals surface area (Å²) in [5, 5.41) is 8.74. The fourth-order valence-corrected chi connectivity index (χ4v) is 3.39. The van der Waals surface area contributed by atoms with Crippen LogP contribution < -0.4 is 16.0 Å². The zero-order valence-corrected chi connectivity index (χ0v) is 20.1. The maximum Gasteiger partial charge on any atom is 0.228 e. The summed E-state index contributed by atoms with van der Waals surface area (Å²) in [4.78, 5) is 26.7. The van der Waals surface area contributed by atoms with Crippen molar-refractivity contribution in [3.8, 4) is 11.1 Å². The molecule has 2 amide bonds. The number of hydrogen-bond donors (Lipinski definition) is 3. The molecule has 0 bridgehead atoms. The van der Waals surface area contributed by atoms with Crippen molar-refractivity contribution in [2.24, 2.45) is 0 Å². The van der Waals surface area contributed by atoms with Crippen molar-refractivity contribution < 1.29 is 28.5 Å². The number of carbonyl (C=O) groups excluding carboxylic acids is 2. The van der Waals surface area contributed by atoms with Crippen LogP contribution in [0.5, 0.6) is 0 Å². The van der Waals surface area contributed by atoms with Gasteiger partial charge in [-0.1, -0.05) is 6.07 Å². The van der Waals surface area contributed by atoms with Crippen LogP contribution in [0, 0.1) is 0 Å². The Kier molecular flexibility index (Phi) is 11.4. The van der Waals surface area contributed by atoms with Crippen molar-refractivity contribution in [3.63, 3.8) is 0 Å². The second-order valence-electron chi connectivity index (χ2n) is 7.89. The first-order chi connectivity index (χ1) is 17.1. The molecule has 0 saturated heterocycles. The van der Waals surface area contributed by atoms with Gasteiger partial charge in [0.1, 0.15) is 5.82 Å². The van der Waals surface area contributed by atoms with E-state index in [4.69, 9.17) is 18.9 Å². The van der Waals surface area contributed by atoms with Crippen molar-refractivity contribution in [1.82, 2.24) is 10.3 Å². The summed E-state index contributed by atoms with van der Waals surface area (Å²) >= 11 is 0. The molecule has 0 unspecified atom stereocenters. The van der Waals surface area contributed by atoms with E-state index in [1.165, 1.54) is 6.92 Å². The largest absolute Gasteiger partial charge is 0.377 e. The first kappa shape index (κ1) is 26.6. The van der Waals surface area contributed by atoms with Crippen LogP contribution in [0.15, 0.2) is 36.5 Å². The van der Waals surface area contributed by atoms with E-state index in [1.54, 1.807) is 0 Å². The molecule has 2 heterocycles. The van der Waals surface area contributed by atoms with E-state index in [9.17, 15) is 9.59 Å². The van der Waals surface area contributed by atoms with Crippen molar-refractivity contribution in [2.45, 2.75) is 13.3 Å². The van der Waals surface area contributed by atoms with Crippen LogP contribution in [0.1, 0.15) is 12.5 Å². The van der Waals surface area contributed by atoms with Gasteiger partial charge in [-0.2, -0.15) is 0 Å². The second kappa shape index (κ2) is 15.0. The van der Waals surface area contributed by atoms with Crippen molar-refractivity contribution in [1.29, 1.82) is 0 Å². The highest BCUT2D eigenvalue weighted by Gasteiger charge is 2.17. The van der Waals surface area contributed by atoms with Crippen LogP contribution in [-0.2, 0) is 35.0 Å². The number of nitrogens with one attached hydrogen (secondary N) is 3. The molecule has 1 aliphatic rings. The lowest BCUT2D eigenvalue weighted by molar-refractivity contribution is -0.119. The molecular formula is C25H34N4O6.